The molecule has 0 unspecified atom stereocenters. The molecule has 0 aliphatic rings. The van der Waals surface area contributed by atoms with Crippen molar-refractivity contribution >= 4 is 0 Å². The summed E-state index contributed by atoms with van der Waals surface area (Å²) < 4.78 is 1.97. The summed E-state index contributed by atoms with van der Waals surface area (Å²) in [4.78, 5) is 4.12. The molecule has 2 N–H and O–H groups in total. The lowest BCUT2D eigenvalue weighted by molar-refractivity contribution is 0.484. The molecule has 4 heteroatoms. The third kappa shape index (κ3) is 2.71. The standard InChI is InChI=1S/C13H18N4/c1-10(2)8-17-9-12(6-14)13(16-17)11-4-3-5-15-7-11/h3-5,7,9-10H,6,8,14H2,1-2H3. The average Bonchev–Trinajstić information content (AvgIpc) is 2.72. The third-order valence-corrected chi connectivity index (χ3v) is 2.54. The van der Waals surface area contributed by atoms with Crippen LogP contribution in [0.5, 0.6) is 0 Å². The maximum atomic E-state index is 5.76. The van der Waals surface area contributed by atoms with Gasteiger partial charge in [0.05, 0.1) is 5.69 Å². The summed E-state index contributed by atoms with van der Waals surface area (Å²) >= 11 is 0. The summed E-state index contributed by atoms with van der Waals surface area (Å²) in [6, 6.07) is 3.92. The Bertz CT molecular complexity index is 473. The molecule has 2 aromatic heterocycles. The Hall–Kier alpha value is -1.68. The molecule has 0 fully saturated rings. The molecule has 2 rings (SSSR count). The summed E-state index contributed by atoms with van der Waals surface area (Å²) in [5, 5.41) is 4.59. The fraction of sp³-hybridized carbons (Fsp3) is 0.385. The number of nitrogens with zero attached hydrogens (tertiary/aromatic N) is 3. The molecule has 2 aromatic rings. The van der Waals surface area contributed by atoms with E-state index < -0.39 is 0 Å². The van der Waals surface area contributed by atoms with Crippen molar-refractivity contribution < 1.29 is 0 Å². The van der Waals surface area contributed by atoms with Crippen LogP contribution in [0.3, 0.4) is 0 Å². The largest absolute Gasteiger partial charge is 0.326 e. The molecule has 0 aliphatic carbocycles. The highest BCUT2D eigenvalue weighted by Crippen LogP contribution is 2.21. The molecule has 90 valence electrons. The van der Waals surface area contributed by atoms with Crippen LogP contribution in [0.15, 0.2) is 30.7 Å². The van der Waals surface area contributed by atoms with Crippen molar-refractivity contribution in [3.05, 3.63) is 36.3 Å². The Morgan fingerprint density at radius 3 is 2.82 bits per heavy atom. The van der Waals surface area contributed by atoms with Gasteiger partial charge in [-0.2, -0.15) is 5.10 Å². The Kier molecular flexibility index (Phi) is 3.54. The predicted molar refractivity (Wildman–Crippen MR) is 68.2 cm³/mol. The molecular formula is C13H18N4. The molecule has 0 saturated carbocycles. The summed E-state index contributed by atoms with van der Waals surface area (Å²) in [6.45, 7) is 5.76. The van der Waals surface area contributed by atoms with Crippen molar-refractivity contribution in [3.63, 3.8) is 0 Å². The van der Waals surface area contributed by atoms with Crippen LogP contribution in [-0.4, -0.2) is 14.8 Å². The monoisotopic (exact) mass is 230 g/mol. The number of hydrogen-bond acceptors (Lipinski definition) is 3. The van der Waals surface area contributed by atoms with Crippen LogP contribution in [0.2, 0.25) is 0 Å². The normalized spacial score (nSPS) is 11.1. The number of aromatic nitrogens is 3. The zero-order chi connectivity index (χ0) is 12.3. The van der Waals surface area contributed by atoms with Gasteiger partial charge in [0, 0.05) is 42.8 Å². The topological polar surface area (TPSA) is 56.7 Å². The molecule has 0 aromatic carbocycles. The van der Waals surface area contributed by atoms with Crippen molar-refractivity contribution in [2.75, 3.05) is 0 Å². The number of hydrogen-bond donors (Lipinski definition) is 1. The zero-order valence-electron chi connectivity index (χ0n) is 10.3. The first-order valence-corrected chi connectivity index (χ1v) is 5.87. The minimum Gasteiger partial charge on any atom is -0.326 e. The highest BCUT2D eigenvalue weighted by Gasteiger charge is 2.10. The van der Waals surface area contributed by atoms with Crippen molar-refractivity contribution in [1.29, 1.82) is 0 Å². The minimum absolute atomic E-state index is 0.502. The van der Waals surface area contributed by atoms with Gasteiger partial charge in [-0.15, -0.1) is 0 Å². The quantitative estimate of drug-likeness (QED) is 0.874. The molecule has 0 saturated heterocycles. The van der Waals surface area contributed by atoms with Crippen molar-refractivity contribution in [2.45, 2.75) is 26.9 Å². The predicted octanol–water partition coefficient (Wildman–Crippen LogP) is 2.06. The average molecular weight is 230 g/mol. The second-order valence-electron chi connectivity index (χ2n) is 4.56. The van der Waals surface area contributed by atoms with Gasteiger partial charge in [0.25, 0.3) is 0 Å². The molecule has 4 nitrogen and oxygen atoms in total. The summed E-state index contributed by atoms with van der Waals surface area (Å²) in [6.07, 6.45) is 5.61. The van der Waals surface area contributed by atoms with E-state index in [4.69, 9.17) is 5.73 Å². The first-order valence-electron chi connectivity index (χ1n) is 5.87. The summed E-state index contributed by atoms with van der Waals surface area (Å²) in [5.41, 5.74) is 8.80. The second kappa shape index (κ2) is 5.10. The van der Waals surface area contributed by atoms with Crippen LogP contribution in [-0.2, 0) is 13.1 Å². The lowest BCUT2D eigenvalue weighted by Gasteiger charge is -2.03. The molecule has 0 radical (unpaired) electrons. The van der Waals surface area contributed by atoms with E-state index >= 15 is 0 Å². The third-order valence-electron chi connectivity index (χ3n) is 2.54. The van der Waals surface area contributed by atoms with Gasteiger partial charge >= 0.3 is 0 Å². The number of nitrogens with two attached hydrogens (primary N) is 1. The SMILES string of the molecule is CC(C)Cn1cc(CN)c(-c2cccnc2)n1. The maximum absolute atomic E-state index is 5.76. The van der Waals surface area contributed by atoms with Gasteiger partial charge in [-0.3, -0.25) is 9.67 Å². The van der Waals surface area contributed by atoms with Gasteiger partial charge in [-0.05, 0) is 18.1 Å². The fourth-order valence-electron chi connectivity index (χ4n) is 1.83. The fourth-order valence-corrected chi connectivity index (χ4v) is 1.83. The lowest BCUT2D eigenvalue weighted by Crippen LogP contribution is -2.04. The number of pyridine rings is 1. The Morgan fingerprint density at radius 1 is 1.41 bits per heavy atom. The van der Waals surface area contributed by atoms with Gasteiger partial charge in [-0.1, -0.05) is 13.8 Å². The van der Waals surface area contributed by atoms with E-state index in [2.05, 4.69) is 23.9 Å². The van der Waals surface area contributed by atoms with Gasteiger partial charge in [0.15, 0.2) is 0 Å². The van der Waals surface area contributed by atoms with Crippen molar-refractivity contribution in [3.8, 4) is 11.3 Å². The van der Waals surface area contributed by atoms with E-state index in [0.717, 1.165) is 23.4 Å². The van der Waals surface area contributed by atoms with Gasteiger partial charge < -0.3 is 5.73 Å². The molecule has 0 amide bonds. The van der Waals surface area contributed by atoms with E-state index in [1.807, 2.05) is 29.2 Å². The minimum atomic E-state index is 0.502. The van der Waals surface area contributed by atoms with E-state index in [1.165, 1.54) is 0 Å². The van der Waals surface area contributed by atoms with E-state index in [0.29, 0.717) is 12.5 Å². The number of rotatable bonds is 4. The molecule has 0 aliphatic heterocycles. The molecular weight excluding hydrogens is 212 g/mol. The van der Waals surface area contributed by atoms with E-state index in [9.17, 15) is 0 Å². The van der Waals surface area contributed by atoms with E-state index in [1.54, 1.807) is 6.20 Å². The summed E-state index contributed by atoms with van der Waals surface area (Å²) in [7, 11) is 0. The van der Waals surface area contributed by atoms with Gasteiger partial charge in [0.1, 0.15) is 0 Å². The first kappa shape index (κ1) is 11.8. The van der Waals surface area contributed by atoms with E-state index in [-0.39, 0.29) is 0 Å². The Balaban J connectivity index is 2.36. The Morgan fingerprint density at radius 2 is 2.24 bits per heavy atom. The lowest BCUT2D eigenvalue weighted by atomic mass is 10.1. The van der Waals surface area contributed by atoms with Crippen LogP contribution >= 0.6 is 0 Å². The summed E-state index contributed by atoms with van der Waals surface area (Å²) in [5.74, 6) is 0.572. The maximum Gasteiger partial charge on any atom is 0.0983 e. The molecule has 0 bridgehead atoms. The molecule has 0 spiro atoms. The Labute approximate surface area is 101 Å². The van der Waals surface area contributed by atoms with Crippen LogP contribution < -0.4 is 5.73 Å². The molecule has 17 heavy (non-hydrogen) atoms. The molecule has 2 heterocycles. The highest BCUT2D eigenvalue weighted by atomic mass is 15.3. The smallest absolute Gasteiger partial charge is 0.0983 e. The van der Waals surface area contributed by atoms with Crippen LogP contribution in [0.1, 0.15) is 19.4 Å². The van der Waals surface area contributed by atoms with Crippen LogP contribution in [0.4, 0.5) is 0 Å². The van der Waals surface area contributed by atoms with Crippen LogP contribution in [0.25, 0.3) is 11.3 Å². The van der Waals surface area contributed by atoms with Crippen molar-refractivity contribution in [1.82, 2.24) is 14.8 Å². The van der Waals surface area contributed by atoms with Gasteiger partial charge in [0.2, 0.25) is 0 Å². The zero-order valence-corrected chi connectivity index (χ0v) is 10.3. The first-order chi connectivity index (χ1) is 8.20. The molecule has 0 atom stereocenters. The second-order valence-corrected chi connectivity index (χ2v) is 4.56. The van der Waals surface area contributed by atoms with Gasteiger partial charge in [-0.25, -0.2) is 0 Å². The van der Waals surface area contributed by atoms with Crippen molar-refractivity contribution in [2.24, 2.45) is 11.7 Å². The van der Waals surface area contributed by atoms with Crippen LogP contribution in [0, 0.1) is 5.92 Å². The highest BCUT2D eigenvalue weighted by molar-refractivity contribution is 5.61.